The van der Waals surface area contributed by atoms with Crippen LogP contribution >= 0.6 is 0 Å². The summed E-state index contributed by atoms with van der Waals surface area (Å²) in [5, 5.41) is 5.83. The number of hydrogen-bond acceptors (Lipinski definition) is 0. The van der Waals surface area contributed by atoms with Crippen LogP contribution in [0.1, 0.15) is 36.5 Å². The van der Waals surface area contributed by atoms with E-state index in [0.29, 0.717) is 16.3 Å². The summed E-state index contributed by atoms with van der Waals surface area (Å²) in [5.41, 5.74) is 5.16. The van der Waals surface area contributed by atoms with Gasteiger partial charge in [0.25, 0.3) is 0 Å². The molecular formula is C31H24F3N2+. The standard InChI is InChI=1S/C31H24F3N2/c1-16(2)24-20-10-6-5-9-19(20)17(3)25-28-26-18(13-14-35(28)4)15-22(31(32,33)34)27-21-11-7-8-12-23(21)36(29(24)25)30(26)27/h5-16H,1-4H3/q+1. The molecule has 7 rings (SSSR count). The molecular weight excluding hydrogens is 457 g/mol. The number of pyridine rings is 2. The lowest BCUT2D eigenvalue weighted by molar-refractivity contribution is -0.643. The number of halogens is 3. The van der Waals surface area contributed by atoms with E-state index in [-0.39, 0.29) is 11.3 Å². The van der Waals surface area contributed by atoms with Crippen LogP contribution in [0.5, 0.6) is 0 Å². The molecule has 0 saturated heterocycles. The fourth-order valence-electron chi connectivity index (χ4n) is 6.49. The molecule has 4 aromatic carbocycles. The fraction of sp³-hybridized carbons (Fsp3) is 0.194. The van der Waals surface area contributed by atoms with E-state index in [4.69, 9.17) is 0 Å². The zero-order valence-electron chi connectivity index (χ0n) is 20.5. The molecule has 0 unspecified atom stereocenters. The number of benzene rings is 4. The lowest BCUT2D eigenvalue weighted by atomic mass is 9.87. The molecule has 0 atom stereocenters. The summed E-state index contributed by atoms with van der Waals surface area (Å²) in [6.45, 7) is 6.48. The molecule has 3 heterocycles. The third kappa shape index (κ3) is 2.50. The van der Waals surface area contributed by atoms with Crippen LogP contribution in [0.2, 0.25) is 0 Å². The Morgan fingerprint density at radius 2 is 1.47 bits per heavy atom. The van der Waals surface area contributed by atoms with Crippen LogP contribution in [-0.4, -0.2) is 4.40 Å². The van der Waals surface area contributed by atoms with E-state index in [9.17, 15) is 13.2 Å². The second kappa shape index (κ2) is 6.88. The first-order valence-electron chi connectivity index (χ1n) is 12.2. The van der Waals surface area contributed by atoms with Gasteiger partial charge >= 0.3 is 6.18 Å². The van der Waals surface area contributed by atoms with Gasteiger partial charge in [-0.2, -0.15) is 13.2 Å². The lowest BCUT2D eigenvalue weighted by Gasteiger charge is -2.21. The van der Waals surface area contributed by atoms with Crippen molar-refractivity contribution in [3.8, 4) is 0 Å². The van der Waals surface area contributed by atoms with Crippen LogP contribution in [0.15, 0.2) is 66.9 Å². The predicted molar refractivity (Wildman–Crippen MR) is 141 cm³/mol. The first-order valence-corrected chi connectivity index (χ1v) is 12.2. The summed E-state index contributed by atoms with van der Waals surface area (Å²) in [5.74, 6) is 0.164. The minimum atomic E-state index is -4.47. The second-order valence-electron chi connectivity index (χ2n) is 10.2. The summed E-state index contributed by atoms with van der Waals surface area (Å²) >= 11 is 0. The molecule has 7 aromatic rings. The number of nitrogens with zero attached hydrogens (tertiary/aromatic N) is 2. The predicted octanol–water partition coefficient (Wildman–Crippen LogP) is 8.42. The van der Waals surface area contributed by atoms with Gasteiger partial charge in [0.1, 0.15) is 7.05 Å². The van der Waals surface area contributed by atoms with Crippen LogP contribution in [0, 0.1) is 6.92 Å². The molecule has 0 fully saturated rings. The van der Waals surface area contributed by atoms with Gasteiger partial charge in [0.2, 0.25) is 5.52 Å². The van der Waals surface area contributed by atoms with Crippen molar-refractivity contribution in [3.05, 3.63) is 83.6 Å². The van der Waals surface area contributed by atoms with Gasteiger partial charge in [0.05, 0.1) is 32.9 Å². The van der Waals surface area contributed by atoms with Crippen molar-refractivity contribution < 1.29 is 17.7 Å². The zero-order chi connectivity index (χ0) is 25.1. The van der Waals surface area contributed by atoms with Crippen LogP contribution in [0.4, 0.5) is 13.2 Å². The van der Waals surface area contributed by atoms with Crippen molar-refractivity contribution in [2.75, 3.05) is 0 Å². The molecule has 0 spiro atoms. The molecule has 0 N–H and O–H groups in total. The molecule has 0 amide bonds. The van der Waals surface area contributed by atoms with Gasteiger partial charge in [-0.25, -0.2) is 4.57 Å². The minimum absolute atomic E-state index is 0.164. The number of hydrogen-bond donors (Lipinski definition) is 0. The summed E-state index contributed by atoms with van der Waals surface area (Å²) < 4.78 is 47.8. The maximum atomic E-state index is 14.5. The van der Waals surface area contributed by atoms with Crippen molar-refractivity contribution in [1.82, 2.24) is 4.40 Å². The van der Waals surface area contributed by atoms with Crippen LogP contribution < -0.4 is 4.57 Å². The van der Waals surface area contributed by atoms with Gasteiger partial charge in [0.15, 0.2) is 6.20 Å². The number of para-hydroxylation sites is 1. The average molecular weight is 482 g/mol. The molecule has 0 saturated carbocycles. The van der Waals surface area contributed by atoms with Crippen molar-refractivity contribution in [1.29, 1.82) is 0 Å². The molecule has 36 heavy (non-hydrogen) atoms. The van der Waals surface area contributed by atoms with Crippen molar-refractivity contribution in [3.63, 3.8) is 0 Å². The normalized spacial score (nSPS) is 13.1. The summed E-state index contributed by atoms with van der Waals surface area (Å²) in [4.78, 5) is 0. The molecule has 178 valence electrons. The Balaban J connectivity index is 2.00. The Labute approximate surface area is 205 Å². The Morgan fingerprint density at radius 3 is 2.17 bits per heavy atom. The quantitative estimate of drug-likeness (QED) is 0.126. The number of aryl methyl sites for hydroxylation is 2. The average Bonchev–Trinajstić information content (AvgIpc) is 3.19. The van der Waals surface area contributed by atoms with E-state index in [0.717, 1.165) is 43.8 Å². The lowest BCUT2D eigenvalue weighted by Crippen LogP contribution is -2.29. The van der Waals surface area contributed by atoms with Crippen LogP contribution in [0.3, 0.4) is 0 Å². The Hall–Kier alpha value is -3.86. The minimum Gasteiger partial charge on any atom is -0.307 e. The molecule has 0 radical (unpaired) electrons. The first-order chi connectivity index (χ1) is 17.2. The highest BCUT2D eigenvalue weighted by molar-refractivity contribution is 6.29. The fourth-order valence-corrected chi connectivity index (χ4v) is 6.49. The van der Waals surface area contributed by atoms with Gasteiger partial charge in [-0.05, 0) is 52.3 Å². The van der Waals surface area contributed by atoms with Crippen molar-refractivity contribution >= 4 is 59.8 Å². The highest BCUT2D eigenvalue weighted by atomic mass is 19.4. The Bertz CT molecular complexity index is 2030. The largest absolute Gasteiger partial charge is 0.417 e. The number of aromatic nitrogens is 2. The number of alkyl halides is 3. The van der Waals surface area contributed by atoms with Crippen LogP contribution in [-0.2, 0) is 13.2 Å². The highest BCUT2D eigenvalue weighted by Crippen LogP contribution is 2.48. The molecule has 0 bridgehead atoms. The Morgan fingerprint density at radius 1 is 0.806 bits per heavy atom. The smallest absolute Gasteiger partial charge is 0.307 e. The van der Waals surface area contributed by atoms with E-state index < -0.39 is 11.7 Å². The van der Waals surface area contributed by atoms with Crippen LogP contribution in [0.25, 0.3) is 59.8 Å². The molecule has 3 aromatic heterocycles. The SMILES string of the molecule is Cc1c2ccccc2c(C(C)C)c2c1c1c3c(cc[n+]1C)cc(C(F)(F)F)c1c4ccccc4n2c13. The third-order valence-corrected chi connectivity index (χ3v) is 7.87. The number of rotatable bonds is 1. The van der Waals surface area contributed by atoms with Gasteiger partial charge in [-0.15, -0.1) is 0 Å². The highest BCUT2D eigenvalue weighted by Gasteiger charge is 2.37. The number of fused-ring (bicyclic) bond motifs is 7. The molecule has 0 aliphatic carbocycles. The van der Waals surface area contributed by atoms with E-state index in [2.05, 4.69) is 47.9 Å². The summed E-state index contributed by atoms with van der Waals surface area (Å²) in [6.07, 6.45) is -2.59. The monoisotopic (exact) mass is 481 g/mol. The van der Waals surface area contributed by atoms with Gasteiger partial charge in [-0.3, -0.25) is 0 Å². The molecule has 0 aliphatic rings. The van der Waals surface area contributed by atoms with E-state index in [1.165, 1.54) is 11.5 Å². The topological polar surface area (TPSA) is 8.29 Å². The second-order valence-corrected chi connectivity index (χ2v) is 10.2. The summed E-state index contributed by atoms with van der Waals surface area (Å²) in [7, 11) is 1.99. The van der Waals surface area contributed by atoms with E-state index in [1.807, 2.05) is 43.6 Å². The van der Waals surface area contributed by atoms with Crippen molar-refractivity contribution in [2.24, 2.45) is 7.05 Å². The van der Waals surface area contributed by atoms with E-state index >= 15 is 0 Å². The van der Waals surface area contributed by atoms with Gasteiger partial charge in [-0.1, -0.05) is 56.3 Å². The zero-order valence-corrected chi connectivity index (χ0v) is 20.5. The molecule has 0 aliphatic heterocycles. The van der Waals surface area contributed by atoms with Gasteiger partial charge in [0, 0.05) is 16.8 Å². The van der Waals surface area contributed by atoms with Gasteiger partial charge < -0.3 is 4.40 Å². The maximum Gasteiger partial charge on any atom is 0.417 e. The van der Waals surface area contributed by atoms with Crippen molar-refractivity contribution in [2.45, 2.75) is 32.9 Å². The van der Waals surface area contributed by atoms with E-state index in [1.54, 1.807) is 6.07 Å². The molecule has 5 heteroatoms. The molecule has 2 nitrogen and oxygen atoms in total. The third-order valence-electron chi connectivity index (χ3n) is 7.87. The maximum absolute atomic E-state index is 14.5. The Kier molecular flexibility index (Phi) is 4.09. The first kappa shape index (κ1) is 21.4. The summed E-state index contributed by atoms with van der Waals surface area (Å²) in [6, 6.07) is 19.1.